The van der Waals surface area contributed by atoms with Crippen molar-refractivity contribution in [2.24, 2.45) is 5.41 Å². The first-order valence-electron chi connectivity index (χ1n) is 16.7. The van der Waals surface area contributed by atoms with E-state index in [-0.39, 0.29) is 51.4 Å². The van der Waals surface area contributed by atoms with Crippen molar-refractivity contribution in [2.45, 2.75) is 109 Å². The molecule has 0 aliphatic rings. The second-order valence-electron chi connectivity index (χ2n) is 13.4. The third-order valence-corrected chi connectivity index (χ3v) is 8.05. The standard InChI is InChI=1S/C32H56N6O14/c1-18(39)31(2,3)9-14-52-32(4,5)8-7-22(41)38-20(16-25(45)46)29(50)36-11-10-34-23(42)17-21(40)26(47)27(48)30(51)37-13-12-35-28(49)19(33-6)15-24(43)44/h19-21,26-27,33,40,47-48H,7-17H2,1-6H3,(H,34,42)(H,35,49)(H,36,50)(H,37,51)(H,38,41)(H,43,44)(H,45,46)/t19?,20?,21-,26-,27+/m1/s1. The topological polar surface area (TPSA) is 319 Å². The van der Waals surface area contributed by atoms with Gasteiger partial charge in [-0.2, -0.15) is 0 Å². The van der Waals surface area contributed by atoms with E-state index in [1.165, 1.54) is 14.0 Å². The Morgan fingerprint density at radius 1 is 0.654 bits per heavy atom. The van der Waals surface area contributed by atoms with Crippen LogP contribution in [0.5, 0.6) is 0 Å². The van der Waals surface area contributed by atoms with Crippen molar-refractivity contribution >= 4 is 47.3 Å². The highest BCUT2D eigenvalue weighted by molar-refractivity contribution is 5.90. The van der Waals surface area contributed by atoms with Gasteiger partial charge in [-0.1, -0.05) is 13.8 Å². The van der Waals surface area contributed by atoms with Crippen molar-refractivity contribution in [3.63, 3.8) is 0 Å². The second-order valence-corrected chi connectivity index (χ2v) is 13.4. The predicted octanol–water partition coefficient (Wildman–Crippen LogP) is -3.47. The van der Waals surface area contributed by atoms with Crippen LogP contribution in [-0.4, -0.2) is 149 Å². The van der Waals surface area contributed by atoms with Crippen LogP contribution >= 0.6 is 0 Å². The van der Waals surface area contributed by atoms with Crippen molar-refractivity contribution < 1.29 is 68.6 Å². The van der Waals surface area contributed by atoms with Crippen LogP contribution < -0.4 is 31.9 Å². The van der Waals surface area contributed by atoms with Gasteiger partial charge in [0.25, 0.3) is 5.91 Å². The van der Waals surface area contributed by atoms with Crippen molar-refractivity contribution in [1.29, 1.82) is 0 Å². The summed E-state index contributed by atoms with van der Waals surface area (Å²) in [5.74, 6) is -6.56. The van der Waals surface area contributed by atoms with Crippen LogP contribution in [0, 0.1) is 5.41 Å². The smallest absolute Gasteiger partial charge is 0.305 e. The fourth-order valence-electron chi connectivity index (χ4n) is 4.25. The number of aliphatic carboxylic acids is 2. The van der Waals surface area contributed by atoms with E-state index in [9.17, 15) is 58.8 Å². The number of carboxylic acids is 2. The number of carbonyl (C=O) groups excluding carboxylic acids is 6. The highest BCUT2D eigenvalue weighted by atomic mass is 16.5. The van der Waals surface area contributed by atoms with E-state index in [0.717, 1.165) is 0 Å². The molecule has 0 saturated heterocycles. The average Bonchev–Trinajstić information content (AvgIpc) is 3.04. The Labute approximate surface area is 302 Å². The number of Topliss-reactive ketones (excluding diaryl/α,β-unsaturated/α-hetero) is 1. The summed E-state index contributed by atoms with van der Waals surface area (Å²) in [6, 6.07) is -2.44. The van der Waals surface area contributed by atoms with E-state index in [0.29, 0.717) is 6.42 Å². The van der Waals surface area contributed by atoms with Gasteiger partial charge in [0, 0.05) is 44.6 Å². The van der Waals surface area contributed by atoms with Crippen LogP contribution in [0.1, 0.15) is 73.1 Å². The molecule has 0 rings (SSSR count). The molecule has 0 saturated carbocycles. The number of aliphatic hydroxyl groups is 3. The molecule has 0 aromatic carbocycles. The predicted molar refractivity (Wildman–Crippen MR) is 182 cm³/mol. The quantitative estimate of drug-likeness (QED) is 0.0364. The molecule has 0 heterocycles. The molecule has 5 amide bonds. The highest BCUT2D eigenvalue weighted by Gasteiger charge is 2.32. The maximum atomic E-state index is 12.6. The Hall–Kier alpha value is -4.24. The summed E-state index contributed by atoms with van der Waals surface area (Å²) in [7, 11) is 1.39. The SMILES string of the molecule is CNC(CC(=O)O)C(=O)NCCNC(=O)[C@@H](O)[C@H](O)[C@H](O)CC(=O)NCCNC(=O)C(CC(=O)O)NC(=O)CCC(C)(C)OCCC(C)(C)C(C)=O. The number of nitrogens with one attached hydrogen (secondary N) is 6. The molecular weight excluding hydrogens is 692 g/mol. The molecule has 0 fully saturated rings. The van der Waals surface area contributed by atoms with Crippen LogP contribution in [0.3, 0.4) is 0 Å². The Kier molecular flexibility index (Phi) is 21.4. The number of hydrogen-bond donors (Lipinski definition) is 11. The molecule has 20 heteroatoms. The van der Waals surface area contributed by atoms with Crippen LogP contribution in [0.15, 0.2) is 0 Å². The van der Waals surface area contributed by atoms with Gasteiger partial charge in [-0.15, -0.1) is 0 Å². The van der Waals surface area contributed by atoms with Crippen LogP contribution in [0.25, 0.3) is 0 Å². The van der Waals surface area contributed by atoms with Crippen LogP contribution in [0.4, 0.5) is 0 Å². The summed E-state index contributed by atoms with van der Waals surface area (Å²) < 4.78 is 5.84. The zero-order chi connectivity index (χ0) is 40.2. The number of carboxylic acid groups (broad SMARTS) is 2. The van der Waals surface area contributed by atoms with Gasteiger partial charge < -0.3 is 62.2 Å². The molecule has 0 aliphatic carbocycles. The number of likely N-dealkylation sites (N-methyl/N-ethyl adjacent to an activating group) is 1. The fourth-order valence-corrected chi connectivity index (χ4v) is 4.25. The van der Waals surface area contributed by atoms with Crippen molar-refractivity contribution in [1.82, 2.24) is 31.9 Å². The maximum Gasteiger partial charge on any atom is 0.305 e. The van der Waals surface area contributed by atoms with Crippen molar-refractivity contribution in [3.05, 3.63) is 0 Å². The molecule has 0 aromatic heterocycles. The van der Waals surface area contributed by atoms with Gasteiger partial charge in [-0.05, 0) is 40.7 Å². The van der Waals surface area contributed by atoms with Gasteiger partial charge in [0.15, 0.2) is 6.10 Å². The Bertz CT molecular complexity index is 1240. The van der Waals surface area contributed by atoms with Crippen LogP contribution in [0.2, 0.25) is 0 Å². The first kappa shape index (κ1) is 47.8. The summed E-state index contributed by atoms with van der Waals surface area (Å²) in [6.45, 7) is 8.14. The van der Waals surface area contributed by atoms with E-state index in [4.69, 9.17) is 9.84 Å². The summed E-state index contributed by atoms with van der Waals surface area (Å²) in [4.78, 5) is 95.3. The fraction of sp³-hybridized carbons (Fsp3) is 0.750. The van der Waals surface area contributed by atoms with Gasteiger partial charge >= 0.3 is 11.9 Å². The Balaban J connectivity index is 4.67. The first-order valence-corrected chi connectivity index (χ1v) is 16.7. The monoisotopic (exact) mass is 748 g/mol. The van der Waals surface area contributed by atoms with Gasteiger partial charge in [0.1, 0.15) is 17.9 Å². The van der Waals surface area contributed by atoms with E-state index in [2.05, 4.69) is 31.9 Å². The normalized spacial score (nSPS) is 14.5. The molecule has 0 aliphatic heterocycles. The number of ketones is 1. The molecule has 298 valence electrons. The van der Waals surface area contributed by atoms with Crippen molar-refractivity contribution in [3.8, 4) is 0 Å². The molecule has 52 heavy (non-hydrogen) atoms. The molecular formula is C32H56N6O14. The number of carbonyl (C=O) groups is 8. The molecule has 0 spiro atoms. The second kappa shape index (κ2) is 23.3. The molecule has 0 radical (unpaired) electrons. The van der Waals surface area contributed by atoms with Gasteiger partial charge in [0.05, 0.1) is 37.0 Å². The third-order valence-electron chi connectivity index (χ3n) is 8.05. The minimum Gasteiger partial charge on any atom is -0.481 e. The molecule has 2 unspecified atom stereocenters. The number of hydrogen-bond acceptors (Lipinski definition) is 13. The molecule has 5 atom stereocenters. The zero-order valence-corrected chi connectivity index (χ0v) is 30.6. The molecule has 0 bridgehead atoms. The van der Waals surface area contributed by atoms with E-state index in [1.807, 2.05) is 0 Å². The number of aliphatic hydroxyl groups excluding tert-OH is 3. The third kappa shape index (κ3) is 20.0. The first-order chi connectivity index (χ1) is 24.0. The lowest BCUT2D eigenvalue weighted by molar-refractivity contribution is -0.143. The summed E-state index contributed by atoms with van der Waals surface area (Å²) in [5, 5.41) is 62.6. The minimum atomic E-state index is -2.15. The Morgan fingerprint density at radius 3 is 1.63 bits per heavy atom. The lowest BCUT2D eigenvalue weighted by Crippen LogP contribution is -2.51. The molecule has 11 N–H and O–H groups in total. The molecule has 20 nitrogen and oxygen atoms in total. The number of ether oxygens (including phenoxy) is 1. The minimum absolute atomic E-state index is 0.0215. The van der Waals surface area contributed by atoms with Crippen LogP contribution in [-0.2, 0) is 43.1 Å². The number of amides is 5. The van der Waals surface area contributed by atoms with Gasteiger partial charge in [-0.3, -0.25) is 38.4 Å². The summed E-state index contributed by atoms with van der Waals surface area (Å²) in [5.41, 5.74) is -1.30. The maximum absolute atomic E-state index is 12.6. The molecule has 0 aromatic rings. The van der Waals surface area contributed by atoms with E-state index in [1.54, 1.807) is 27.7 Å². The van der Waals surface area contributed by atoms with E-state index >= 15 is 0 Å². The van der Waals surface area contributed by atoms with Crippen molar-refractivity contribution in [2.75, 3.05) is 39.8 Å². The van der Waals surface area contributed by atoms with E-state index < -0.39 is 102 Å². The zero-order valence-electron chi connectivity index (χ0n) is 30.6. The number of rotatable bonds is 27. The largest absolute Gasteiger partial charge is 0.481 e. The Morgan fingerprint density at radius 2 is 1.13 bits per heavy atom. The lowest BCUT2D eigenvalue weighted by atomic mass is 9.86. The summed E-state index contributed by atoms with van der Waals surface area (Å²) in [6.07, 6.45) is -7.44. The summed E-state index contributed by atoms with van der Waals surface area (Å²) >= 11 is 0. The highest BCUT2D eigenvalue weighted by Crippen LogP contribution is 2.24. The van der Waals surface area contributed by atoms with Gasteiger partial charge in [-0.25, -0.2) is 0 Å². The lowest BCUT2D eigenvalue weighted by Gasteiger charge is -2.28. The van der Waals surface area contributed by atoms with Gasteiger partial charge in [0.2, 0.25) is 23.6 Å². The average molecular weight is 749 g/mol.